The highest BCUT2D eigenvalue weighted by atomic mass is 16.5. The van der Waals surface area contributed by atoms with Crippen molar-refractivity contribution in [2.45, 2.75) is 26.3 Å². The number of ether oxygens (including phenoxy) is 2. The molecule has 0 bridgehead atoms. The zero-order chi connectivity index (χ0) is 18.2. The number of nitrogens with zero attached hydrogens (tertiary/aromatic N) is 2. The summed E-state index contributed by atoms with van der Waals surface area (Å²) in [5, 5.41) is 13.9. The molecule has 25 heavy (non-hydrogen) atoms. The van der Waals surface area contributed by atoms with Gasteiger partial charge in [0.1, 0.15) is 5.82 Å². The molecular formula is C18H24N4O3. The van der Waals surface area contributed by atoms with E-state index in [1.54, 1.807) is 26.4 Å². The van der Waals surface area contributed by atoms with Crippen LogP contribution >= 0.6 is 0 Å². The van der Waals surface area contributed by atoms with Crippen LogP contribution in [0, 0.1) is 0 Å². The maximum absolute atomic E-state index is 12.1. The molecule has 7 heteroatoms. The van der Waals surface area contributed by atoms with Crippen molar-refractivity contribution >= 4 is 11.7 Å². The Kier molecular flexibility index (Phi) is 6.56. The Balaban J connectivity index is 1.88. The Morgan fingerprint density at radius 2 is 1.84 bits per heavy atom. The molecule has 2 N–H and O–H groups in total. The van der Waals surface area contributed by atoms with Gasteiger partial charge in [-0.15, -0.1) is 10.2 Å². The first-order valence-electron chi connectivity index (χ1n) is 8.13. The number of hydrogen-bond acceptors (Lipinski definition) is 6. The van der Waals surface area contributed by atoms with E-state index in [2.05, 4.69) is 20.8 Å². The van der Waals surface area contributed by atoms with Crippen LogP contribution < -0.4 is 20.1 Å². The quantitative estimate of drug-likeness (QED) is 0.764. The van der Waals surface area contributed by atoms with Gasteiger partial charge in [0.15, 0.2) is 17.2 Å². The van der Waals surface area contributed by atoms with Crippen molar-refractivity contribution in [3.05, 3.63) is 41.6 Å². The zero-order valence-corrected chi connectivity index (χ0v) is 15.0. The van der Waals surface area contributed by atoms with Crippen molar-refractivity contribution in [2.75, 3.05) is 26.1 Å². The number of nitrogens with one attached hydrogen (secondary N) is 2. The van der Waals surface area contributed by atoms with Crippen LogP contribution in [-0.2, 0) is 6.42 Å². The Morgan fingerprint density at radius 3 is 2.44 bits per heavy atom. The van der Waals surface area contributed by atoms with Gasteiger partial charge in [0.2, 0.25) is 0 Å². The molecule has 1 aromatic carbocycles. The van der Waals surface area contributed by atoms with Crippen LogP contribution in [-0.4, -0.2) is 42.9 Å². The summed E-state index contributed by atoms with van der Waals surface area (Å²) in [6, 6.07) is 9.36. The van der Waals surface area contributed by atoms with Gasteiger partial charge in [-0.05, 0) is 50.1 Å². The van der Waals surface area contributed by atoms with E-state index in [0.29, 0.717) is 36.0 Å². The average molecular weight is 344 g/mol. The molecule has 0 spiro atoms. The van der Waals surface area contributed by atoms with E-state index in [-0.39, 0.29) is 11.9 Å². The summed E-state index contributed by atoms with van der Waals surface area (Å²) in [5.74, 6) is 1.76. The first-order chi connectivity index (χ1) is 12.0. The molecule has 0 atom stereocenters. The summed E-state index contributed by atoms with van der Waals surface area (Å²) in [6.07, 6.45) is 0.673. The highest BCUT2D eigenvalue weighted by Crippen LogP contribution is 2.27. The Labute approximate surface area is 147 Å². The van der Waals surface area contributed by atoms with Crippen LogP contribution in [0.4, 0.5) is 5.82 Å². The van der Waals surface area contributed by atoms with Gasteiger partial charge in [0, 0.05) is 12.6 Å². The molecule has 0 saturated carbocycles. The molecule has 1 aromatic heterocycles. The van der Waals surface area contributed by atoms with Gasteiger partial charge < -0.3 is 20.1 Å². The third-order valence-electron chi connectivity index (χ3n) is 3.48. The second kappa shape index (κ2) is 8.86. The first kappa shape index (κ1) is 18.5. The highest BCUT2D eigenvalue weighted by molar-refractivity contribution is 5.92. The monoisotopic (exact) mass is 344 g/mol. The number of methoxy groups -OCH3 is 2. The Morgan fingerprint density at radius 1 is 1.08 bits per heavy atom. The maximum Gasteiger partial charge on any atom is 0.271 e. The second-order valence-corrected chi connectivity index (χ2v) is 5.80. The molecule has 0 aliphatic carbocycles. The molecule has 2 rings (SSSR count). The molecule has 0 radical (unpaired) electrons. The molecule has 0 unspecified atom stereocenters. The van der Waals surface area contributed by atoms with Crippen LogP contribution in [0.5, 0.6) is 11.5 Å². The number of benzene rings is 1. The molecular weight excluding hydrogens is 320 g/mol. The van der Waals surface area contributed by atoms with Crippen molar-refractivity contribution < 1.29 is 14.3 Å². The highest BCUT2D eigenvalue weighted by Gasteiger charge is 2.09. The number of hydrogen-bond donors (Lipinski definition) is 2. The van der Waals surface area contributed by atoms with Crippen molar-refractivity contribution in [3.63, 3.8) is 0 Å². The SMILES string of the molecule is COc1ccc(CCNC(=O)c2ccc(NC(C)C)nn2)cc1OC. The number of anilines is 1. The number of aromatic nitrogens is 2. The van der Waals surface area contributed by atoms with Crippen molar-refractivity contribution in [1.82, 2.24) is 15.5 Å². The standard InChI is InChI=1S/C18H24N4O3/c1-12(2)20-17-8-6-14(21-22-17)18(23)19-10-9-13-5-7-15(24-3)16(11-13)25-4/h5-8,11-12H,9-10H2,1-4H3,(H,19,23)(H,20,22). The number of carbonyl (C=O) groups excluding carboxylic acids is 1. The molecule has 2 aromatic rings. The van der Waals surface area contributed by atoms with Crippen molar-refractivity contribution in [3.8, 4) is 11.5 Å². The summed E-state index contributed by atoms with van der Waals surface area (Å²) in [4.78, 5) is 12.1. The van der Waals surface area contributed by atoms with E-state index in [1.165, 1.54) is 0 Å². The summed E-state index contributed by atoms with van der Waals surface area (Å²) < 4.78 is 10.5. The lowest BCUT2D eigenvalue weighted by atomic mass is 10.1. The number of rotatable bonds is 8. The normalized spacial score (nSPS) is 10.4. The third-order valence-corrected chi connectivity index (χ3v) is 3.48. The van der Waals surface area contributed by atoms with Gasteiger partial charge in [-0.25, -0.2) is 0 Å². The van der Waals surface area contributed by atoms with Crippen LogP contribution in [0.1, 0.15) is 29.9 Å². The second-order valence-electron chi connectivity index (χ2n) is 5.80. The Hall–Kier alpha value is -2.83. The molecule has 7 nitrogen and oxygen atoms in total. The first-order valence-corrected chi connectivity index (χ1v) is 8.13. The lowest BCUT2D eigenvalue weighted by Gasteiger charge is -2.10. The fourth-order valence-corrected chi connectivity index (χ4v) is 2.27. The molecule has 134 valence electrons. The summed E-state index contributed by atoms with van der Waals surface area (Å²) in [7, 11) is 3.20. The summed E-state index contributed by atoms with van der Waals surface area (Å²) >= 11 is 0. The van der Waals surface area contributed by atoms with E-state index in [1.807, 2.05) is 32.0 Å². The molecule has 0 saturated heterocycles. The molecule has 0 fully saturated rings. The van der Waals surface area contributed by atoms with Crippen LogP contribution in [0.25, 0.3) is 0 Å². The fourth-order valence-electron chi connectivity index (χ4n) is 2.27. The molecule has 1 amide bonds. The molecule has 0 aliphatic rings. The lowest BCUT2D eigenvalue weighted by Crippen LogP contribution is -2.27. The van der Waals surface area contributed by atoms with Gasteiger partial charge in [0.25, 0.3) is 5.91 Å². The fraction of sp³-hybridized carbons (Fsp3) is 0.389. The van der Waals surface area contributed by atoms with Crippen LogP contribution in [0.3, 0.4) is 0 Å². The topological polar surface area (TPSA) is 85.4 Å². The third kappa shape index (κ3) is 5.34. The van der Waals surface area contributed by atoms with Gasteiger partial charge in [-0.1, -0.05) is 6.07 Å². The van der Waals surface area contributed by atoms with E-state index in [0.717, 1.165) is 5.56 Å². The molecule has 0 aliphatic heterocycles. The van der Waals surface area contributed by atoms with Crippen molar-refractivity contribution in [2.24, 2.45) is 0 Å². The largest absolute Gasteiger partial charge is 0.493 e. The minimum Gasteiger partial charge on any atom is -0.493 e. The van der Waals surface area contributed by atoms with Gasteiger partial charge in [0.05, 0.1) is 14.2 Å². The van der Waals surface area contributed by atoms with E-state index in [9.17, 15) is 4.79 Å². The van der Waals surface area contributed by atoms with Gasteiger partial charge >= 0.3 is 0 Å². The van der Waals surface area contributed by atoms with Crippen LogP contribution in [0.15, 0.2) is 30.3 Å². The maximum atomic E-state index is 12.1. The number of carbonyl (C=O) groups is 1. The summed E-state index contributed by atoms with van der Waals surface area (Å²) in [6.45, 7) is 4.51. The van der Waals surface area contributed by atoms with E-state index < -0.39 is 0 Å². The average Bonchev–Trinajstić information content (AvgIpc) is 2.61. The van der Waals surface area contributed by atoms with Crippen molar-refractivity contribution in [1.29, 1.82) is 0 Å². The summed E-state index contributed by atoms with van der Waals surface area (Å²) in [5.41, 5.74) is 1.34. The minimum atomic E-state index is -0.246. The minimum absolute atomic E-state index is 0.246. The predicted molar refractivity (Wildman–Crippen MR) is 96.4 cm³/mol. The van der Waals surface area contributed by atoms with E-state index in [4.69, 9.17) is 9.47 Å². The zero-order valence-electron chi connectivity index (χ0n) is 15.0. The smallest absolute Gasteiger partial charge is 0.271 e. The predicted octanol–water partition coefficient (Wildman–Crippen LogP) is 2.29. The Bertz CT molecular complexity index is 702. The van der Waals surface area contributed by atoms with Gasteiger partial charge in [-0.2, -0.15) is 0 Å². The van der Waals surface area contributed by atoms with Gasteiger partial charge in [-0.3, -0.25) is 4.79 Å². The lowest BCUT2D eigenvalue weighted by molar-refractivity contribution is 0.0948. The molecule has 1 heterocycles. The van der Waals surface area contributed by atoms with Crippen LogP contribution in [0.2, 0.25) is 0 Å². The van der Waals surface area contributed by atoms with E-state index >= 15 is 0 Å². The number of amides is 1.